The summed E-state index contributed by atoms with van der Waals surface area (Å²) in [7, 11) is 0. The van der Waals surface area contributed by atoms with Gasteiger partial charge in [-0.25, -0.2) is 0 Å². The van der Waals surface area contributed by atoms with Crippen molar-refractivity contribution in [2.75, 3.05) is 9.71 Å². The van der Waals surface area contributed by atoms with E-state index < -0.39 is 0 Å². The molecule has 1 aromatic heterocycles. The zero-order valence-corrected chi connectivity index (χ0v) is 37.6. The van der Waals surface area contributed by atoms with Crippen LogP contribution in [0.1, 0.15) is 124 Å². The molecular formula is C56H59BN2O. The highest BCUT2D eigenvalue weighted by Gasteiger charge is 2.63. The topological polar surface area (TPSA) is 19.6 Å². The van der Waals surface area contributed by atoms with Gasteiger partial charge in [-0.05, 0) is 117 Å². The smallest absolute Gasteiger partial charge is 0.332 e. The first-order valence-corrected chi connectivity index (χ1v) is 22.5. The third-order valence-corrected chi connectivity index (χ3v) is 15.5. The van der Waals surface area contributed by atoms with E-state index in [-0.39, 0.29) is 34.0 Å². The van der Waals surface area contributed by atoms with Gasteiger partial charge in [-0.2, -0.15) is 0 Å². The molecule has 0 radical (unpaired) electrons. The van der Waals surface area contributed by atoms with Crippen LogP contribution in [0.15, 0.2) is 114 Å². The molecule has 11 rings (SSSR count). The quantitative estimate of drug-likeness (QED) is 0.163. The van der Waals surface area contributed by atoms with Crippen LogP contribution in [0.3, 0.4) is 0 Å². The molecule has 0 saturated heterocycles. The summed E-state index contributed by atoms with van der Waals surface area (Å²) >= 11 is 0. The Hall–Kier alpha value is -5.22. The Morgan fingerprint density at radius 2 is 1.18 bits per heavy atom. The molecular weight excluding hydrogens is 727 g/mol. The lowest BCUT2D eigenvalue weighted by molar-refractivity contribution is 0.199. The van der Waals surface area contributed by atoms with Crippen LogP contribution in [0, 0.1) is 0 Å². The second kappa shape index (κ2) is 12.2. The largest absolute Gasteiger partial charge is 0.456 e. The van der Waals surface area contributed by atoms with E-state index >= 15 is 0 Å². The van der Waals surface area contributed by atoms with Gasteiger partial charge >= 0.3 is 6.85 Å². The van der Waals surface area contributed by atoms with Crippen LogP contribution in [0.25, 0.3) is 44.2 Å². The molecule has 4 heterocycles. The third-order valence-electron chi connectivity index (χ3n) is 15.5. The number of anilines is 4. The monoisotopic (exact) mass is 786 g/mol. The summed E-state index contributed by atoms with van der Waals surface area (Å²) in [6, 6.07) is 42.1. The van der Waals surface area contributed by atoms with Crippen LogP contribution >= 0.6 is 0 Å². The molecule has 60 heavy (non-hydrogen) atoms. The molecule has 2 atom stereocenters. The standard InChI is InChI=1S/C56H59BN2O/c1-52(2,3)35-23-25-44(40(29-35)34-19-13-12-14-20-34)58-45-26-24-39-38-21-15-16-22-47(38)60-51(39)49(45)57-48-41(30-37(33-46(48)58)54(7,8)9)42-31-36(53(4,5)6)32-43-50(42)59(57)56(11)28-18-17-27-55(43,56)10/h12-16,19-26,29-33H,17-18,27-28H2,1-11H3. The van der Waals surface area contributed by atoms with E-state index in [0.29, 0.717) is 0 Å². The molecule has 1 aliphatic carbocycles. The number of furan rings is 1. The third kappa shape index (κ3) is 5.03. The molecule has 1 fully saturated rings. The fourth-order valence-corrected chi connectivity index (χ4v) is 11.8. The fourth-order valence-electron chi connectivity index (χ4n) is 11.8. The highest BCUT2D eigenvalue weighted by atomic mass is 16.3. The van der Waals surface area contributed by atoms with Crippen molar-refractivity contribution in [2.45, 2.75) is 129 Å². The van der Waals surface area contributed by atoms with Crippen molar-refractivity contribution in [1.82, 2.24) is 0 Å². The second-order valence-corrected chi connectivity index (χ2v) is 22.1. The minimum Gasteiger partial charge on any atom is -0.456 e. The second-order valence-electron chi connectivity index (χ2n) is 22.1. The van der Waals surface area contributed by atoms with Gasteiger partial charge in [0.25, 0.3) is 0 Å². The molecule has 0 spiro atoms. The summed E-state index contributed by atoms with van der Waals surface area (Å²) in [6.07, 6.45) is 4.85. The summed E-state index contributed by atoms with van der Waals surface area (Å²) in [5.74, 6) is 0. The van der Waals surface area contributed by atoms with Crippen LogP contribution in [-0.2, 0) is 21.7 Å². The van der Waals surface area contributed by atoms with E-state index in [2.05, 4.69) is 195 Å². The van der Waals surface area contributed by atoms with E-state index in [1.165, 1.54) is 103 Å². The van der Waals surface area contributed by atoms with Gasteiger partial charge in [0.05, 0.1) is 5.69 Å². The summed E-state index contributed by atoms with van der Waals surface area (Å²) in [6.45, 7) is 26.5. The maximum Gasteiger partial charge on any atom is 0.332 e. The summed E-state index contributed by atoms with van der Waals surface area (Å²) in [4.78, 5) is 5.59. The van der Waals surface area contributed by atoms with Gasteiger partial charge in [0, 0.05) is 55.4 Å². The van der Waals surface area contributed by atoms with Crippen molar-refractivity contribution in [2.24, 2.45) is 0 Å². The Labute approximate surface area is 357 Å². The highest BCUT2D eigenvalue weighted by molar-refractivity contribution is 6.94. The van der Waals surface area contributed by atoms with Gasteiger partial charge in [0.1, 0.15) is 11.2 Å². The number of para-hydroxylation sites is 1. The molecule has 0 N–H and O–H groups in total. The van der Waals surface area contributed by atoms with Gasteiger partial charge in [-0.1, -0.05) is 149 Å². The lowest BCUT2D eigenvalue weighted by Gasteiger charge is -2.55. The minimum absolute atomic E-state index is 0.00259. The zero-order chi connectivity index (χ0) is 41.9. The Morgan fingerprint density at radius 1 is 0.550 bits per heavy atom. The number of hydrogen-bond donors (Lipinski definition) is 0. The van der Waals surface area contributed by atoms with Crippen LogP contribution in [0.5, 0.6) is 0 Å². The molecule has 3 aliphatic heterocycles. The minimum atomic E-state index is -0.0989. The van der Waals surface area contributed by atoms with Gasteiger partial charge in [0.15, 0.2) is 0 Å². The maximum absolute atomic E-state index is 7.21. The number of rotatable bonds is 2. The van der Waals surface area contributed by atoms with Crippen molar-refractivity contribution < 1.29 is 4.42 Å². The lowest BCUT2D eigenvalue weighted by Crippen LogP contribution is -2.70. The SMILES string of the molecule is CC(C)(C)c1ccc(N2c3cc(C(C)(C)C)cc4c3B(c3c2ccc2c3oc3ccccc32)N2c3c-4cc(C(C)(C)C)cc3C3(C)CCCCC23C)c(-c2ccccc2)c1. The van der Waals surface area contributed by atoms with Gasteiger partial charge in [0.2, 0.25) is 0 Å². The van der Waals surface area contributed by atoms with E-state index in [9.17, 15) is 0 Å². The summed E-state index contributed by atoms with van der Waals surface area (Å²) in [5.41, 5.74) is 20.5. The number of nitrogens with zero attached hydrogens (tertiary/aromatic N) is 2. The Bertz CT molecular complexity index is 2940. The van der Waals surface area contributed by atoms with E-state index in [1.54, 1.807) is 5.56 Å². The summed E-state index contributed by atoms with van der Waals surface area (Å²) < 4.78 is 7.21. The zero-order valence-electron chi connectivity index (χ0n) is 37.6. The van der Waals surface area contributed by atoms with Crippen LogP contribution in [0.2, 0.25) is 0 Å². The van der Waals surface area contributed by atoms with Crippen molar-refractivity contribution in [3.05, 3.63) is 131 Å². The molecule has 4 aliphatic rings. The fraction of sp³-hybridized carbons (Fsp3) is 0.357. The van der Waals surface area contributed by atoms with E-state index in [1.807, 2.05) is 0 Å². The first kappa shape index (κ1) is 37.8. The lowest BCUT2D eigenvalue weighted by atomic mass is 9.41. The van der Waals surface area contributed by atoms with Crippen LogP contribution in [0.4, 0.5) is 22.7 Å². The van der Waals surface area contributed by atoms with Crippen molar-refractivity contribution in [1.29, 1.82) is 0 Å². The van der Waals surface area contributed by atoms with E-state index in [0.717, 1.165) is 17.6 Å². The normalized spacial score (nSPS) is 20.7. The van der Waals surface area contributed by atoms with Gasteiger partial charge in [-0.3, -0.25) is 0 Å². The van der Waals surface area contributed by atoms with Crippen LogP contribution in [-0.4, -0.2) is 12.4 Å². The molecule has 4 heteroatoms. The van der Waals surface area contributed by atoms with Gasteiger partial charge < -0.3 is 14.1 Å². The molecule has 7 aromatic rings. The molecule has 1 saturated carbocycles. The summed E-state index contributed by atoms with van der Waals surface area (Å²) in [5, 5.41) is 2.37. The van der Waals surface area contributed by atoms with Crippen LogP contribution < -0.4 is 20.6 Å². The number of fused-ring (bicyclic) bond motifs is 11. The Morgan fingerprint density at radius 3 is 1.92 bits per heavy atom. The van der Waals surface area contributed by atoms with E-state index in [4.69, 9.17) is 4.42 Å². The first-order valence-electron chi connectivity index (χ1n) is 22.5. The molecule has 0 bridgehead atoms. The highest BCUT2D eigenvalue weighted by Crippen LogP contribution is 2.64. The number of hydrogen-bond acceptors (Lipinski definition) is 3. The van der Waals surface area contributed by atoms with Crippen molar-refractivity contribution >= 4 is 62.5 Å². The predicted molar refractivity (Wildman–Crippen MR) is 257 cm³/mol. The Balaban J connectivity index is 1.34. The van der Waals surface area contributed by atoms with Gasteiger partial charge in [-0.15, -0.1) is 0 Å². The first-order chi connectivity index (χ1) is 28.4. The molecule has 6 aromatic carbocycles. The maximum atomic E-state index is 7.21. The molecule has 0 amide bonds. The average Bonchev–Trinajstić information content (AvgIpc) is 3.68. The number of benzene rings is 6. The molecule has 2 unspecified atom stereocenters. The Kier molecular flexibility index (Phi) is 7.68. The predicted octanol–water partition coefficient (Wildman–Crippen LogP) is 14.1. The molecule has 3 nitrogen and oxygen atoms in total. The molecule has 302 valence electrons. The van der Waals surface area contributed by atoms with Crippen molar-refractivity contribution in [3.63, 3.8) is 0 Å². The van der Waals surface area contributed by atoms with Crippen molar-refractivity contribution in [3.8, 4) is 22.3 Å². The average molecular weight is 787 g/mol.